The Balaban J connectivity index is 1.89. The van der Waals surface area contributed by atoms with Gasteiger partial charge in [-0.1, -0.05) is 26.0 Å². The Bertz CT molecular complexity index is 557. The average Bonchev–Trinajstić information content (AvgIpc) is 2.52. The molecule has 0 saturated carbocycles. The summed E-state index contributed by atoms with van der Waals surface area (Å²) in [6.45, 7) is 5.38. The highest BCUT2D eigenvalue weighted by molar-refractivity contribution is 5.76. The van der Waals surface area contributed by atoms with Crippen molar-refractivity contribution >= 4 is 5.91 Å². The van der Waals surface area contributed by atoms with Crippen LogP contribution in [0.15, 0.2) is 24.3 Å². The lowest BCUT2D eigenvalue weighted by molar-refractivity contribution is -0.138. The van der Waals surface area contributed by atoms with Crippen molar-refractivity contribution < 1.29 is 22.7 Å². The molecule has 1 atom stereocenters. The van der Waals surface area contributed by atoms with Gasteiger partial charge in [0.15, 0.2) is 0 Å². The summed E-state index contributed by atoms with van der Waals surface area (Å²) in [6, 6.07) is 5.18. The molecule has 1 aromatic carbocycles. The number of piperidine rings is 1. The second kappa shape index (κ2) is 8.01. The Hall–Kier alpha value is -1.56. The Morgan fingerprint density at radius 2 is 2.12 bits per heavy atom. The minimum atomic E-state index is -4.35. The van der Waals surface area contributed by atoms with Gasteiger partial charge in [-0.05, 0) is 36.5 Å². The van der Waals surface area contributed by atoms with E-state index in [4.69, 9.17) is 4.74 Å². The fraction of sp³-hybridized carbons (Fsp3) is 0.611. The van der Waals surface area contributed by atoms with E-state index >= 15 is 0 Å². The highest BCUT2D eigenvalue weighted by atomic mass is 19.4. The molecule has 2 rings (SSSR count). The smallest absolute Gasteiger partial charge is 0.372 e. The minimum Gasteiger partial charge on any atom is -0.372 e. The van der Waals surface area contributed by atoms with Crippen molar-refractivity contribution in [2.45, 2.75) is 52.0 Å². The number of halogens is 3. The van der Waals surface area contributed by atoms with Crippen LogP contribution in [0, 0.1) is 5.92 Å². The summed E-state index contributed by atoms with van der Waals surface area (Å²) in [4.78, 5) is 13.9. The SMILES string of the molecule is CC(C)CC(=O)N1CCCC(OCc2cccc(C(F)(F)F)c2)C1. The molecule has 0 radical (unpaired) electrons. The van der Waals surface area contributed by atoms with Crippen LogP contribution in [-0.4, -0.2) is 30.0 Å². The van der Waals surface area contributed by atoms with Crippen LogP contribution in [0.2, 0.25) is 0 Å². The van der Waals surface area contributed by atoms with Crippen LogP contribution in [0.5, 0.6) is 0 Å². The standard InChI is InChI=1S/C18H24F3NO2/c1-13(2)9-17(23)22-8-4-7-16(11-22)24-12-14-5-3-6-15(10-14)18(19,20)21/h3,5-6,10,13,16H,4,7-9,11-12H2,1-2H3. The Morgan fingerprint density at radius 3 is 2.79 bits per heavy atom. The molecule has 3 nitrogen and oxygen atoms in total. The lowest BCUT2D eigenvalue weighted by atomic mass is 10.1. The van der Waals surface area contributed by atoms with E-state index in [-0.39, 0.29) is 18.6 Å². The topological polar surface area (TPSA) is 29.5 Å². The summed E-state index contributed by atoms with van der Waals surface area (Å²) < 4.78 is 43.9. The van der Waals surface area contributed by atoms with Crippen LogP contribution in [0.4, 0.5) is 13.2 Å². The van der Waals surface area contributed by atoms with E-state index in [0.717, 1.165) is 31.5 Å². The van der Waals surface area contributed by atoms with Crippen LogP contribution < -0.4 is 0 Å². The van der Waals surface area contributed by atoms with E-state index in [0.29, 0.717) is 24.4 Å². The second-order valence-corrected chi connectivity index (χ2v) is 6.71. The predicted molar refractivity (Wildman–Crippen MR) is 85.3 cm³/mol. The number of benzene rings is 1. The van der Waals surface area contributed by atoms with Crippen molar-refractivity contribution in [2.24, 2.45) is 5.92 Å². The molecule has 1 aliphatic heterocycles. The van der Waals surface area contributed by atoms with Crippen LogP contribution in [-0.2, 0) is 22.3 Å². The zero-order chi connectivity index (χ0) is 17.7. The highest BCUT2D eigenvalue weighted by Gasteiger charge is 2.30. The molecule has 6 heteroatoms. The summed E-state index contributed by atoms with van der Waals surface area (Å²) in [5.41, 5.74) is -0.170. The van der Waals surface area contributed by atoms with Crippen molar-refractivity contribution in [1.82, 2.24) is 4.90 Å². The third-order valence-electron chi connectivity index (χ3n) is 4.05. The number of rotatable bonds is 5. The number of amides is 1. The van der Waals surface area contributed by atoms with Gasteiger partial charge in [0, 0.05) is 19.5 Å². The van der Waals surface area contributed by atoms with Gasteiger partial charge in [-0.25, -0.2) is 0 Å². The number of hydrogen-bond acceptors (Lipinski definition) is 2. The molecule has 24 heavy (non-hydrogen) atoms. The number of likely N-dealkylation sites (tertiary alicyclic amines) is 1. The third kappa shape index (κ3) is 5.51. The molecule has 0 aliphatic carbocycles. The van der Waals surface area contributed by atoms with E-state index in [2.05, 4.69) is 0 Å². The molecular formula is C18H24F3NO2. The predicted octanol–water partition coefficient (Wildman–Crippen LogP) is 4.26. The number of hydrogen-bond donors (Lipinski definition) is 0. The number of ether oxygens (including phenoxy) is 1. The van der Waals surface area contributed by atoms with E-state index in [9.17, 15) is 18.0 Å². The van der Waals surface area contributed by atoms with Gasteiger partial charge in [-0.15, -0.1) is 0 Å². The maximum Gasteiger partial charge on any atom is 0.416 e. The maximum atomic E-state index is 12.7. The molecule has 0 N–H and O–H groups in total. The summed E-state index contributed by atoms with van der Waals surface area (Å²) in [5, 5.41) is 0. The molecule has 1 unspecified atom stereocenters. The normalized spacial score (nSPS) is 18.9. The van der Waals surface area contributed by atoms with E-state index in [1.807, 2.05) is 13.8 Å². The number of carbonyl (C=O) groups excluding carboxylic acids is 1. The molecule has 1 aromatic rings. The molecule has 0 bridgehead atoms. The van der Waals surface area contributed by atoms with Crippen LogP contribution in [0.25, 0.3) is 0 Å². The fourth-order valence-electron chi connectivity index (χ4n) is 2.83. The van der Waals surface area contributed by atoms with Crippen molar-refractivity contribution in [2.75, 3.05) is 13.1 Å². The van der Waals surface area contributed by atoms with Gasteiger partial charge >= 0.3 is 6.18 Å². The zero-order valence-electron chi connectivity index (χ0n) is 14.1. The van der Waals surface area contributed by atoms with Crippen molar-refractivity contribution in [3.8, 4) is 0 Å². The van der Waals surface area contributed by atoms with Crippen molar-refractivity contribution in [3.63, 3.8) is 0 Å². The molecule has 1 amide bonds. The Labute approximate surface area is 140 Å². The lowest BCUT2D eigenvalue weighted by Crippen LogP contribution is -2.43. The van der Waals surface area contributed by atoms with Crippen LogP contribution >= 0.6 is 0 Å². The number of alkyl halides is 3. The second-order valence-electron chi connectivity index (χ2n) is 6.71. The first-order valence-corrected chi connectivity index (χ1v) is 8.31. The first-order valence-electron chi connectivity index (χ1n) is 8.31. The summed E-state index contributed by atoms with van der Waals surface area (Å²) in [7, 11) is 0. The Morgan fingerprint density at radius 1 is 1.38 bits per heavy atom. The quantitative estimate of drug-likeness (QED) is 0.799. The molecule has 0 spiro atoms. The van der Waals surface area contributed by atoms with Crippen LogP contribution in [0.3, 0.4) is 0 Å². The molecule has 134 valence electrons. The molecular weight excluding hydrogens is 319 g/mol. The van der Waals surface area contributed by atoms with Gasteiger partial charge in [-0.2, -0.15) is 13.2 Å². The largest absolute Gasteiger partial charge is 0.416 e. The van der Waals surface area contributed by atoms with Gasteiger partial charge in [-0.3, -0.25) is 4.79 Å². The van der Waals surface area contributed by atoms with E-state index in [1.54, 1.807) is 11.0 Å². The summed E-state index contributed by atoms with van der Waals surface area (Å²) >= 11 is 0. The number of carbonyl (C=O) groups is 1. The van der Waals surface area contributed by atoms with Gasteiger partial charge in [0.2, 0.25) is 5.91 Å². The van der Waals surface area contributed by atoms with Gasteiger partial charge < -0.3 is 9.64 Å². The molecule has 1 aliphatic rings. The summed E-state index contributed by atoms with van der Waals surface area (Å²) in [5.74, 6) is 0.432. The highest BCUT2D eigenvalue weighted by Crippen LogP contribution is 2.29. The van der Waals surface area contributed by atoms with Crippen molar-refractivity contribution in [3.05, 3.63) is 35.4 Å². The monoisotopic (exact) mass is 343 g/mol. The summed E-state index contributed by atoms with van der Waals surface area (Å²) in [6.07, 6.45) is -2.27. The average molecular weight is 343 g/mol. The molecule has 1 saturated heterocycles. The van der Waals surface area contributed by atoms with Gasteiger partial charge in [0.25, 0.3) is 0 Å². The number of nitrogens with zero attached hydrogens (tertiary/aromatic N) is 1. The lowest BCUT2D eigenvalue weighted by Gasteiger charge is -2.33. The molecule has 1 fully saturated rings. The first-order chi connectivity index (χ1) is 11.3. The van der Waals surface area contributed by atoms with Crippen molar-refractivity contribution in [1.29, 1.82) is 0 Å². The van der Waals surface area contributed by atoms with E-state index in [1.165, 1.54) is 6.07 Å². The van der Waals surface area contributed by atoms with Crippen LogP contribution in [0.1, 0.15) is 44.2 Å². The maximum absolute atomic E-state index is 12.7. The van der Waals surface area contributed by atoms with Gasteiger partial charge in [0.05, 0.1) is 18.3 Å². The molecule has 1 heterocycles. The third-order valence-corrected chi connectivity index (χ3v) is 4.05. The molecule has 0 aromatic heterocycles. The Kier molecular flexibility index (Phi) is 6.27. The van der Waals surface area contributed by atoms with Gasteiger partial charge in [0.1, 0.15) is 0 Å². The fourth-order valence-corrected chi connectivity index (χ4v) is 2.83. The van der Waals surface area contributed by atoms with E-state index < -0.39 is 11.7 Å². The first kappa shape index (κ1) is 18.8. The zero-order valence-corrected chi connectivity index (χ0v) is 14.1. The minimum absolute atomic E-state index is 0.121.